The highest BCUT2D eigenvalue weighted by Gasteiger charge is 2.23. The first-order chi connectivity index (χ1) is 9.56. The van der Waals surface area contributed by atoms with Crippen LogP contribution in [-0.2, 0) is 0 Å². The van der Waals surface area contributed by atoms with Crippen molar-refractivity contribution in [1.29, 1.82) is 0 Å². The van der Waals surface area contributed by atoms with Crippen LogP contribution in [0.4, 0.5) is 16.2 Å². The Hall–Kier alpha value is -2.31. The number of hydrogen-bond acceptors (Lipinski definition) is 4. The molecule has 1 fully saturated rings. The number of carboxylic acid groups (broad SMARTS) is 1. The standard InChI is InChI=1S/C13H17N3O4/c17-13(18)15-10-7-5-9(6-8-10)14-11-3-1-2-4-12(11)16(19)20/h1-4,9-10,14-15H,5-8H2,(H,17,18)/t9-,10-. The third-order valence-electron chi connectivity index (χ3n) is 3.52. The van der Waals surface area contributed by atoms with Gasteiger partial charge in [-0.05, 0) is 31.7 Å². The van der Waals surface area contributed by atoms with Crippen LogP contribution < -0.4 is 10.6 Å². The van der Waals surface area contributed by atoms with Crippen LogP contribution in [0.15, 0.2) is 24.3 Å². The van der Waals surface area contributed by atoms with Gasteiger partial charge in [-0.1, -0.05) is 12.1 Å². The van der Waals surface area contributed by atoms with Gasteiger partial charge in [0.25, 0.3) is 5.69 Å². The van der Waals surface area contributed by atoms with Gasteiger partial charge in [0.1, 0.15) is 5.69 Å². The number of nitrogens with zero attached hydrogens (tertiary/aromatic N) is 1. The third-order valence-corrected chi connectivity index (χ3v) is 3.52. The lowest BCUT2D eigenvalue weighted by molar-refractivity contribution is -0.384. The molecule has 0 aliphatic heterocycles. The third kappa shape index (κ3) is 3.59. The van der Waals surface area contributed by atoms with Crippen LogP contribution in [0.1, 0.15) is 25.7 Å². The summed E-state index contributed by atoms with van der Waals surface area (Å²) in [5, 5.41) is 25.3. The van der Waals surface area contributed by atoms with Gasteiger partial charge in [0.2, 0.25) is 0 Å². The lowest BCUT2D eigenvalue weighted by Gasteiger charge is -2.29. The Morgan fingerprint density at radius 2 is 1.80 bits per heavy atom. The van der Waals surface area contributed by atoms with Crippen LogP contribution in [0.2, 0.25) is 0 Å². The second kappa shape index (κ2) is 6.23. The van der Waals surface area contributed by atoms with E-state index in [1.54, 1.807) is 18.2 Å². The van der Waals surface area contributed by atoms with Crippen molar-refractivity contribution in [2.45, 2.75) is 37.8 Å². The van der Waals surface area contributed by atoms with Crippen molar-refractivity contribution in [1.82, 2.24) is 5.32 Å². The van der Waals surface area contributed by atoms with Gasteiger partial charge in [-0.3, -0.25) is 10.1 Å². The minimum absolute atomic E-state index is 0.0173. The first kappa shape index (κ1) is 14.1. The molecule has 1 aliphatic carbocycles. The minimum atomic E-state index is -1.000. The summed E-state index contributed by atoms with van der Waals surface area (Å²) in [7, 11) is 0. The van der Waals surface area contributed by atoms with Crippen molar-refractivity contribution in [3.8, 4) is 0 Å². The largest absolute Gasteiger partial charge is 0.465 e. The van der Waals surface area contributed by atoms with Crippen molar-refractivity contribution in [3.63, 3.8) is 0 Å². The van der Waals surface area contributed by atoms with E-state index in [1.165, 1.54) is 6.07 Å². The van der Waals surface area contributed by atoms with Crippen LogP contribution in [-0.4, -0.2) is 28.2 Å². The quantitative estimate of drug-likeness (QED) is 0.580. The van der Waals surface area contributed by atoms with Crippen molar-refractivity contribution in [2.24, 2.45) is 0 Å². The Bertz CT molecular complexity index is 498. The molecule has 3 N–H and O–H groups in total. The van der Waals surface area contributed by atoms with Gasteiger partial charge in [0.15, 0.2) is 0 Å². The number of carbonyl (C=O) groups is 1. The van der Waals surface area contributed by atoms with E-state index >= 15 is 0 Å². The number of rotatable bonds is 4. The van der Waals surface area contributed by atoms with Crippen LogP contribution >= 0.6 is 0 Å². The number of nitro benzene ring substituents is 1. The zero-order valence-corrected chi connectivity index (χ0v) is 10.9. The molecule has 0 aromatic heterocycles. The molecule has 1 amide bonds. The predicted octanol–water partition coefficient (Wildman–Crippen LogP) is 2.59. The average molecular weight is 279 g/mol. The summed E-state index contributed by atoms with van der Waals surface area (Å²) in [6.07, 6.45) is 2.06. The van der Waals surface area contributed by atoms with E-state index < -0.39 is 11.0 Å². The van der Waals surface area contributed by atoms with Crippen molar-refractivity contribution in [3.05, 3.63) is 34.4 Å². The molecule has 0 spiro atoms. The van der Waals surface area contributed by atoms with Crippen LogP contribution in [0.5, 0.6) is 0 Å². The molecule has 2 rings (SSSR count). The highest BCUT2D eigenvalue weighted by atomic mass is 16.6. The summed E-state index contributed by atoms with van der Waals surface area (Å²) >= 11 is 0. The van der Waals surface area contributed by atoms with Gasteiger partial charge >= 0.3 is 6.09 Å². The van der Waals surface area contributed by atoms with E-state index in [1.807, 2.05) is 0 Å². The summed E-state index contributed by atoms with van der Waals surface area (Å²) in [6, 6.07) is 6.68. The lowest BCUT2D eigenvalue weighted by atomic mass is 9.91. The predicted molar refractivity (Wildman–Crippen MR) is 73.9 cm³/mol. The zero-order chi connectivity index (χ0) is 14.5. The molecular weight excluding hydrogens is 262 g/mol. The van der Waals surface area contributed by atoms with Gasteiger partial charge < -0.3 is 15.7 Å². The SMILES string of the molecule is O=C(O)N[C@H]1CC[C@H](Nc2ccccc2[N+](=O)[O-])CC1. The fraction of sp³-hybridized carbons (Fsp3) is 0.462. The molecule has 1 aliphatic rings. The van der Waals surface area contributed by atoms with Gasteiger partial charge in [-0.15, -0.1) is 0 Å². The topological polar surface area (TPSA) is 104 Å². The lowest BCUT2D eigenvalue weighted by Crippen LogP contribution is -2.39. The first-order valence-corrected chi connectivity index (χ1v) is 6.55. The maximum absolute atomic E-state index is 10.9. The summed E-state index contributed by atoms with van der Waals surface area (Å²) in [4.78, 5) is 21.1. The zero-order valence-electron chi connectivity index (χ0n) is 10.9. The molecule has 0 bridgehead atoms. The maximum Gasteiger partial charge on any atom is 0.404 e. The van der Waals surface area contributed by atoms with E-state index in [0.717, 1.165) is 25.7 Å². The molecule has 1 aromatic carbocycles. The molecule has 0 unspecified atom stereocenters. The summed E-state index contributed by atoms with van der Waals surface area (Å²) < 4.78 is 0. The van der Waals surface area contributed by atoms with Crippen molar-refractivity contribution < 1.29 is 14.8 Å². The molecule has 20 heavy (non-hydrogen) atoms. The molecule has 0 radical (unpaired) electrons. The number of amides is 1. The highest BCUT2D eigenvalue weighted by Crippen LogP contribution is 2.28. The van der Waals surface area contributed by atoms with Crippen molar-refractivity contribution >= 4 is 17.5 Å². The summed E-state index contributed by atoms with van der Waals surface area (Å²) in [6.45, 7) is 0. The van der Waals surface area contributed by atoms with E-state index in [0.29, 0.717) is 5.69 Å². The van der Waals surface area contributed by atoms with Gasteiger partial charge in [0.05, 0.1) is 4.92 Å². The Labute approximate surface area is 116 Å². The van der Waals surface area contributed by atoms with Crippen LogP contribution in [0.25, 0.3) is 0 Å². The first-order valence-electron chi connectivity index (χ1n) is 6.55. The number of para-hydroxylation sites is 2. The Balaban J connectivity index is 1.93. The molecule has 0 saturated heterocycles. The molecule has 7 nitrogen and oxygen atoms in total. The Kier molecular flexibility index (Phi) is 4.39. The number of nitrogens with one attached hydrogen (secondary N) is 2. The van der Waals surface area contributed by atoms with E-state index in [9.17, 15) is 14.9 Å². The fourth-order valence-electron chi connectivity index (χ4n) is 2.53. The Morgan fingerprint density at radius 1 is 1.20 bits per heavy atom. The van der Waals surface area contributed by atoms with Crippen LogP contribution in [0, 0.1) is 10.1 Å². The second-order valence-corrected chi connectivity index (χ2v) is 4.92. The summed E-state index contributed by atoms with van der Waals surface area (Å²) in [5.74, 6) is 0. The smallest absolute Gasteiger partial charge is 0.404 e. The highest BCUT2D eigenvalue weighted by molar-refractivity contribution is 5.65. The normalized spacial score (nSPS) is 22.0. The number of hydrogen-bond donors (Lipinski definition) is 3. The van der Waals surface area contributed by atoms with Crippen LogP contribution in [0.3, 0.4) is 0 Å². The molecule has 0 heterocycles. The fourth-order valence-corrected chi connectivity index (χ4v) is 2.53. The van der Waals surface area contributed by atoms with Gasteiger partial charge in [-0.2, -0.15) is 0 Å². The number of anilines is 1. The molecule has 108 valence electrons. The second-order valence-electron chi connectivity index (χ2n) is 4.92. The van der Waals surface area contributed by atoms with E-state index in [4.69, 9.17) is 5.11 Å². The monoisotopic (exact) mass is 279 g/mol. The average Bonchev–Trinajstić information content (AvgIpc) is 2.41. The molecule has 7 heteroatoms. The van der Waals surface area contributed by atoms with Gasteiger partial charge in [-0.25, -0.2) is 4.79 Å². The Morgan fingerprint density at radius 3 is 2.40 bits per heavy atom. The van der Waals surface area contributed by atoms with Gasteiger partial charge in [0, 0.05) is 18.2 Å². The molecule has 1 saturated carbocycles. The molecular formula is C13H17N3O4. The number of benzene rings is 1. The van der Waals surface area contributed by atoms with E-state index in [2.05, 4.69) is 10.6 Å². The minimum Gasteiger partial charge on any atom is -0.465 e. The maximum atomic E-state index is 10.9. The summed E-state index contributed by atoms with van der Waals surface area (Å²) in [5.41, 5.74) is 0.588. The molecule has 1 aromatic rings. The number of nitro groups is 1. The van der Waals surface area contributed by atoms with E-state index in [-0.39, 0.29) is 17.8 Å². The molecule has 0 atom stereocenters. The van der Waals surface area contributed by atoms with Crippen molar-refractivity contribution in [2.75, 3.05) is 5.32 Å².